The van der Waals surface area contributed by atoms with E-state index in [0.717, 1.165) is 105 Å². The highest BCUT2D eigenvalue weighted by molar-refractivity contribution is 7.15. The van der Waals surface area contributed by atoms with Gasteiger partial charge in [-0.1, -0.05) is 73.3 Å². The molecule has 3 aromatic heterocycles. The number of carbonyl (C=O) groups is 3. The van der Waals surface area contributed by atoms with E-state index in [-0.39, 0.29) is 36.1 Å². The average Bonchev–Trinajstić information content (AvgIpc) is 4.21. The van der Waals surface area contributed by atoms with Crippen molar-refractivity contribution in [1.29, 1.82) is 0 Å². The number of nitrogens with zero attached hydrogens (tertiary/aromatic N) is 6. The van der Waals surface area contributed by atoms with Crippen LogP contribution in [0.4, 0.5) is 0 Å². The third kappa shape index (κ3) is 11.3. The van der Waals surface area contributed by atoms with Crippen molar-refractivity contribution < 1.29 is 28.6 Å². The summed E-state index contributed by atoms with van der Waals surface area (Å²) in [5, 5.41) is 24.8. The molecule has 380 valence electrons. The zero-order chi connectivity index (χ0) is 50.3. The van der Waals surface area contributed by atoms with E-state index in [2.05, 4.69) is 63.6 Å². The van der Waals surface area contributed by atoms with E-state index in [1.807, 2.05) is 65.8 Å². The number of halogens is 1. The van der Waals surface area contributed by atoms with Gasteiger partial charge in [-0.3, -0.25) is 23.9 Å². The third-order valence-corrected chi connectivity index (χ3v) is 16.6. The SMILES string of the molecule is CN[C@@H](C)C(=O)N[C@H](C(=O)N1CCC[C@H]1c1nc(-c2c(OCCOCCOCCNC(=O)C[C@@H]3N=C(c4ccc(Cl)cc4)c4c(sc(C)c4C)-n4c(C)nnc43)ccc3ccccc23)cs1)C1CCCCC1. The van der Waals surface area contributed by atoms with E-state index in [9.17, 15) is 14.4 Å². The number of aliphatic imine (C=N–C) groups is 1. The van der Waals surface area contributed by atoms with Crippen LogP contribution in [0.15, 0.2) is 71.0 Å². The van der Waals surface area contributed by atoms with Crippen molar-refractivity contribution in [3.8, 4) is 22.0 Å². The largest absolute Gasteiger partial charge is 0.490 e. The van der Waals surface area contributed by atoms with Gasteiger partial charge in [0, 0.05) is 39.5 Å². The van der Waals surface area contributed by atoms with Crippen LogP contribution in [-0.2, 0) is 23.9 Å². The number of aromatic nitrogens is 4. The van der Waals surface area contributed by atoms with Gasteiger partial charge in [0.25, 0.3) is 0 Å². The molecule has 4 atom stereocenters. The van der Waals surface area contributed by atoms with E-state index in [0.29, 0.717) is 62.7 Å². The average molecular weight is 1030 g/mol. The zero-order valence-corrected chi connectivity index (χ0v) is 44.1. The minimum absolute atomic E-state index is 0.00377. The van der Waals surface area contributed by atoms with Crippen molar-refractivity contribution in [3.63, 3.8) is 0 Å². The van der Waals surface area contributed by atoms with Gasteiger partial charge in [-0.2, -0.15) is 0 Å². The van der Waals surface area contributed by atoms with Gasteiger partial charge in [-0.15, -0.1) is 32.9 Å². The maximum absolute atomic E-state index is 14.5. The van der Waals surface area contributed by atoms with Crippen LogP contribution in [0, 0.1) is 26.7 Å². The molecule has 3 N–H and O–H groups in total. The minimum atomic E-state index is -0.559. The van der Waals surface area contributed by atoms with E-state index in [1.165, 1.54) is 4.88 Å². The van der Waals surface area contributed by atoms with E-state index in [4.69, 9.17) is 35.8 Å². The van der Waals surface area contributed by atoms with E-state index in [1.54, 1.807) is 29.7 Å². The molecule has 3 aliphatic rings. The van der Waals surface area contributed by atoms with Crippen molar-refractivity contribution >= 4 is 68.5 Å². The number of likely N-dealkylation sites (N-methyl/N-ethyl adjacent to an activating group) is 1. The molecule has 9 rings (SSSR count). The lowest BCUT2D eigenvalue weighted by Crippen LogP contribution is -2.55. The number of aryl methyl sites for hydroxylation is 2. The molecule has 6 aromatic rings. The molecule has 1 saturated heterocycles. The first kappa shape index (κ1) is 51.3. The highest BCUT2D eigenvalue weighted by Gasteiger charge is 2.40. The fraction of sp³-hybridized carbons (Fsp3) is 0.463. The maximum atomic E-state index is 14.5. The van der Waals surface area contributed by atoms with Crippen LogP contribution in [0.5, 0.6) is 5.75 Å². The number of amides is 3. The van der Waals surface area contributed by atoms with Crippen molar-refractivity contribution in [2.24, 2.45) is 10.9 Å². The molecule has 0 bridgehead atoms. The first-order valence-electron chi connectivity index (χ1n) is 25.2. The number of likely N-dealkylation sites (tertiary alicyclic amines) is 1. The molecule has 3 amide bonds. The van der Waals surface area contributed by atoms with Gasteiger partial charge in [0.1, 0.15) is 40.3 Å². The first-order chi connectivity index (χ1) is 35.0. The summed E-state index contributed by atoms with van der Waals surface area (Å²) in [5.41, 5.74) is 5.57. The van der Waals surface area contributed by atoms with Crippen molar-refractivity contribution in [1.82, 2.24) is 40.6 Å². The number of hydrogen-bond donors (Lipinski definition) is 3. The Morgan fingerprint density at radius 2 is 1.64 bits per heavy atom. The molecule has 5 heterocycles. The summed E-state index contributed by atoms with van der Waals surface area (Å²) in [4.78, 5) is 54.6. The van der Waals surface area contributed by atoms with Crippen LogP contribution in [0.25, 0.3) is 27.0 Å². The number of hydrogen-bond acceptors (Lipinski definition) is 13. The predicted molar refractivity (Wildman–Crippen MR) is 284 cm³/mol. The van der Waals surface area contributed by atoms with Crippen molar-refractivity contribution in [2.45, 2.75) is 103 Å². The highest BCUT2D eigenvalue weighted by atomic mass is 35.5. The second kappa shape index (κ2) is 23.5. The fourth-order valence-electron chi connectivity index (χ4n) is 10.1. The number of nitrogens with one attached hydrogen (secondary N) is 3. The topological polar surface area (TPSA) is 174 Å². The number of benzene rings is 3. The van der Waals surface area contributed by atoms with Crippen molar-refractivity contribution in [3.05, 3.63) is 109 Å². The standard InChI is InChI=1S/C54H64ClN9O6S2/c1-32-34(3)72-54-46(32)48(38-17-20-39(55)21-18-38)58-41(50-62-61-35(4)64(50)54)30-45(65)57-23-25-68-26-27-69-28-29-70-44-22-19-36-12-9-10-15-40(36)47(44)42-31-71-52(59-42)43-16-11-24-63(43)53(67)49(37-13-7-6-8-14-37)60-51(66)33(2)56-5/h9-10,12,15,17-22,31,33,37,41,43,49,56H,6-8,11,13-14,16,23-30H2,1-5H3,(H,57,65)(H,60,66)/t33-,41-,43-,49-/m0/s1. The van der Waals surface area contributed by atoms with Crippen LogP contribution in [0.2, 0.25) is 5.02 Å². The Balaban J connectivity index is 0.768. The lowest BCUT2D eigenvalue weighted by atomic mass is 9.83. The summed E-state index contributed by atoms with van der Waals surface area (Å²) < 4.78 is 20.2. The number of thiophene rings is 1. The molecule has 72 heavy (non-hydrogen) atoms. The molecule has 3 aromatic carbocycles. The molecule has 0 spiro atoms. The van der Waals surface area contributed by atoms with Crippen LogP contribution < -0.4 is 20.7 Å². The molecule has 15 nitrogen and oxygen atoms in total. The van der Waals surface area contributed by atoms with Crippen LogP contribution in [0.3, 0.4) is 0 Å². The van der Waals surface area contributed by atoms with Gasteiger partial charge in [-0.05, 0) is 101 Å². The summed E-state index contributed by atoms with van der Waals surface area (Å²) >= 11 is 9.50. The quantitative estimate of drug-likeness (QED) is 0.0627. The minimum Gasteiger partial charge on any atom is -0.490 e. The Hall–Kier alpha value is -5.56. The number of rotatable bonds is 20. The molecule has 0 unspecified atom stereocenters. The summed E-state index contributed by atoms with van der Waals surface area (Å²) in [5.74, 6) is 1.87. The lowest BCUT2D eigenvalue weighted by molar-refractivity contribution is -0.139. The number of fused-ring (bicyclic) bond motifs is 4. The summed E-state index contributed by atoms with van der Waals surface area (Å²) in [6.07, 6.45) is 6.96. The Morgan fingerprint density at radius 1 is 0.875 bits per heavy atom. The van der Waals surface area contributed by atoms with Gasteiger partial charge in [0.05, 0.1) is 61.9 Å². The van der Waals surface area contributed by atoms with Crippen LogP contribution in [0.1, 0.15) is 109 Å². The third-order valence-electron chi connectivity index (χ3n) is 14.2. The Labute approximate surface area is 434 Å². The van der Waals surface area contributed by atoms with Crippen LogP contribution in [-0.4, -0.2) is 113 Å². The molecule has 2 fully saturated rings. The zero-order valence-electron chi connectivity index (χ0n) is 41.7. The molecular formula is C54H64ClN9O6S2. The summed E-state index contributed by atoms with van der Waals surface area (Å²) in [6.45, 7) is 10.6. The lowest BCUT2D eigenvalue weighted by Gasteiger charge is -2.35. The normalized spacial score (nSPS) is 17.8. The smallest absolute Gasteiger partial charge is 0.246 e. The maximum Gasteiger partial charge on any atom is 0.246 e. The molecule has 2 aliphatic heterocycles. The van der Waals surface area contributed by atoms with Gasteiger partial charge < -0.3 is 35.1 Å². The molecular weight excluding hydrogens is 970 g/mol. The van der Waals surface area contributed by atoms with E-state index < -0.39 is 18.1 Å². The Kier molecular flexibility index (Phi) is 16.8. The van der Waals surface area contributed by atoms with Gasteiger partial charge in [0.15, 0.2) is 5.82 Å². The number of ether oxygens (including phenoxy) is 3. The van der Waals surface area contributed by atoms with Crippen molar-refractivity contribution in [2.75, 3.05) is 53.2 Å². The van der Waals surface area contributed by atoms with Crippen LogP contribution >= 0.6 is 34.3 Å². The molecule has 1 aliphatic carbocycles. The monoisotopic (exact) mass is 1030 g/mol. The molecule has 1 saturated carbocycles. The molecule has 18 heteroatoms. The number of carbonyl (C=O) groups excluding carboxylic acids is 3. The second-order valence-corrected chi connectivity index (χ2v) is 21.4. The Bertz CT molecular complexity index is 2910. The second-order valence-electron chi connectivity index (χ2n) is 18.8. The fourth-order valence-corrected chi connectivity index (χ4v) is 12.4. The van der Waals surface area contributed by atoms with E-state index >= 15 is 0 Å². The van der Waals surface area contributed by atoms with Gasteiger partial charge in [-0.25, -0.2) is 4.98 Å². The molecule has 0 radical (unpaired) electrons. The summed E-state index contributed by atoms with van der Waals surface area (Å²) in [6, 6.07) is 18.2. The summed E-state index contributed by atoms with van der Waals surface area (Å²) in [7, 11) is 1.76. The van der Waals surface area contributed by atoms with Gasteiger partial charge >= 0.3 is 0 Å². The highest BCUT2D eigenvalue weighted by Crippen LogP contribution is 2.43. The van der Waals surface area contributed by atoms with Gasteiger partial charge in [0.2, 0.25) is 17.7 Å². The predicted octanol–water partition coefficient (Wildman–Crippen LogP) is 9.03. The first-order valence-corrected chi connectivity index (χ1v) is 27.2. The number of thiazole rings is 1. The Morgan fingerprint density at radius 3 is 2.43 bits per heavy atom.